The fourth-order valence-corrected chi connectivity index (χ4v) is 2.91. The van der Waals surface area contributed by atoms with E-state index >= 15 is 0 Å². The molecule has 0 aliphatic carbocycles. The SMILES string of the molecule is COC(=O)c1cc([C@@]2(C)CCCN2)cc2[nH]ccc12. The molecule has 2 heterocycles. The highest BCUT2D eigenvalue weighted by Crippen LogP contribution is 2.33. The van der Waals surface area contributed by atoms with Crippen LogP contribution in [0.15, 0.2) is 24.4 Å². The van der Waals surface area contributed by atoms with Crippen LogP contribution in [-0.4, -0.2) is 24.6 Å². The van der Waals surface area contributed by atoms with Gasteiger partial charge in [0.1, 0.15) is 0 Å². The minimum atomic E-state index is -0.284. The van der Waals surface area contributed by atoms with Crippen LogP contribution in [0.5, 0.6) is 0 Å². The molecule has 0 saturated carbocycles. The normalized spacial score (nSPS) is 22.8. The molecule has 1 fully saturated rings. The summed E-state index contributed by atoms with van der Waals surface area (Å²) in [5.74, 6) is -0.284. The van der Waals surface area contributed by atoms with Gasteiger partial charge in [-0.3, -0.25) is 0 Å². The Morgan fingerprint density at radius 2 is 2.26 bits per heavy atom. The van der Waals surface area contributed by atoms with Crippen LogP contribution < -0.4 is 5.32 Å². The molecular formula is C15H18N2O2. The van der Waals surface area contributed by atoms with Crippen molar-refractivity contribution < 1.29 is 9.53 Å². The molecule has 2 N–H and O–H groups in total. The lowest BCUT2D eigenvalue weighted by Gasteiger charge is -2.25. The van der Waals surface area contributed by atoms with Crippen LogP contribution in [0.25, 0.3) is 10.9 Å². The number of H-pyrrole nitrogens is 1. The second kappa shape index (κ2) is 4.38. The molecule has 0 spiro atoms. The van der Waals surface area contributed by atoms with Gasteiger partial charge in [0.05, 0.1) is 12.7 Å². The Balaban J connectivity index is 2.18. The molecule has 1 aromatic heterocycles. The lowest BCUT2D eigenvalue weighted by atomic mass is 9.88. The maximum Gasteiger partial charge on any atom is 0.338 e. The molecule has 0 radical (unpaired) electrons. The van der Waals surface area contributed by atoms with Crippen molar-refractivity contribution in [3.05, 3.63) is 35.5 Å². The maximum atomic E-state index is 11.9. The van der Waals surface area contributed by atoms with Gasteiger partial charge in [-0.2, -0.15) is 0 Å². The van der Waals surface area contributed by atoms with Crippen molar-refractivity contribution in [3.63, 3.8) is 0 Å². The summed E-state index contributed by atoms with van der Waals surface area (Å²) in [6, 6.07) is 6.00. The maximum absolute atomic E-state index is 11.9. The fourth-order valence-electron chi connectivity index (χ4n) is 2.91. The van der Waals surface area contributed by atoms with E-state index in [0.29, 0.717) is 5.56 Å². The Morgan fingerprint density at radius 1 is 1.42 bits per heavy atom. The Labute approximate surface area is 112 Å². The van der Waals surface area contributed by atoms with Gasteiger partial charge in [0.2, 0.25) is 0 Å². The number of rotatable bonds is 2. The van der Waals surface area contributed by atoms with Crippen molar-refractivity contribution in [3.8, 4) is 0 Å². The van der Waals surface area contributed by atoms with E-state index in [2.05, 4.69) is 23.3 Å². The largest absolute Gasteiger partial charge is 0.465 e. The standard InChI is InChI=1S/C15H18N2O2/c1-15(5-3-6-17-15)10-8-12(14(18)19-2)11-4-7-16-13(11)9-10/h4,7-9,16-17H,3,5-6H2,1-2H3/t15-/m1/s1. The third-order valence-electron chi connectivity index (χ3n) is 4.08. The van der Waals surface area contributed by atoms with E-state index < -0.39 is 0 Å². The number of ether oxygens (including phenoxy) is 1. The quantitative estimate of drug-likeness (QED) is 0.814. The van der Waals surface area contributed by atoms with Gasteiger partial charge in [-0.15, -0.1) is 0 Å². The summed E-state index contributed by atoms with van der Waals surface area (Å²) >= 11 is 0. The average Bonchev–Trinajstić information content (AvgIpc) is 3.05. The van der Waals surface area contributed by atoms with Crippen molar-refractivity contribution in [1.29, 1.82) is 0 Å². The molecule has 1 atom stereocenters. The second-order valence-electron chi connectivity index (χ2n) is 5.32. The topological polar surface area (TPSA) is 54.1 Å². The molecule has 100 valence electrons. The third-order valence-corrected chi connectivity index (χ3v) is 4.08. The molecule has 19 heavy (non-hydrogen) atoms. The molecule has 4 heteroatoms. The number of aromatic amines is 1. The van der Waals surface area contributed by atoms with Crippen LogP contribution >= 0.6 is 0 Å². The number of nitrogens with one attached hydrogen (secondary N) is 2. The molecule has 0 bridgehead atoms. The van der Waals surface area contributed by atoms with Gasteiger partial charge >= 0.3 is 5.97 Å². The lowest BCUT2D eigenvalue weighted by Crippen LogP contribution is -2.33. The summed E-state index contributed by atoms with van der Waals surface area (Å²) in [7, 11) is 1.42. The van der Waals surface area contributed by atoms with Crippen molar-refractivity contribution in [1.82, 2.24) is 10.3 Å². The van der Waals surface area contributed by atoms with Crippen LogP contribution in [0, 0.1) is 0 Å². The van der Waals surface area contributed by atoms with Gasteiger partial charge in [0, 0.05) is 22.6 Å². The first-order chi connectivity index (χ1) is 9.14. The van der Waals surface area contributed by atoms with E-state index in [1.807, 2.05) is 18.3 Å². The van der Waals surface area contributed by atoms with Crippen molar-refractivity contribution in [2.24, 2.45) is 0 Å². The zero-order chi connectivity index (χ0) is 13.5. The highest BCUT2D eigenvalue weighted by Gasteiger charge is 2.31. The Bertz CT molecular complexity index is 624. The molecule has 1 aromatic carbocycles. The third kappa shape index (κ3) is 1.92. The summed E-state index contributed by atoms with van der Waals surface area (Å²) < 4.78 is 4.89. The van der Waals surface area contributed by atoms with Gasteiger partial charge < -0.3 is 15.0 Å². The van der Waals surface area contributed by atoms with Gasteiger partial charge in [0.15, 0.2) is 0 Å². The van der Waals surface area contributed by atoms with Crippen molar-refractivity contribution in [2.75, 3.05) is 13.7 Å². The summed E-state index contributed by atoms with van der Waals surface area (Å²) in [6.45, 7) is 3.21. The summed E-state index contributed by atoms with van der Waals surface area (Å²) in [6.07, 6.45) is 4.10. The minimum absolute atomic E-state index is 0.0535. The molecule has 1 saturated heterocycles. The van der Waals surface area contributed by atoms with Crippen molar-refractivity contribution in [2.45, 2.75) is 25.3 Å². The molecule has 1 aliphatic heterocycles. The second-order valence-corrected chi connectivity index (χ2v) is 5.32. The summed E-state index contributed by atoms with van der Waals surface area (Å²) in [5, 5.41) is 4.44. The zero-order valence-corrected chi connectivity index (χ0v) is 11.2. The van der Waals surface area contributed by atoms with E-state index in [-0.39, 0.29) is 11.5 Å². The van der Waals surface area contributed by atoms with Gasteiger partial charge in [-0.05, 0) is 50.1 Å². The first-order valence-corrected chi connectivity index (χ1v) is 6.59. The lowest BCUT2D eigenvalue weighted by molar-refractivity contribution is 0.0603. The fraction of sp³-hybridized carbons (Fsp3) is 0.400. The minimum Gasteiger partial charge on any atom is -0.465 e. The van der Waals surface area contributed by atoms with Crippen LogP contribution in [0.1, 0.15) is 35.7 Å². The molecule has 3 rings (SSSR count). The molecule has 1 aliphatic rings. The molecule has 0 amide bonds. The number of fused-ring (bicyclic) bond motifs is 1. The molecule has 2 aromatic rings. The highest BCUT2D eigenvalue weighted by atomic mass is 16.5. The monoisotopic (exact) mass is 258 g/mol. The molecule has 4 nitrogen and oxygen atoms in total. The van der Waals surface area contributed by atoms with E-state index in [4.69, 9.17) is 4.74 Å². The predicted octanol–water partition coefficient (Wildman–Crippen LogP) is 2.55. The van der Waals surface area contributed by atoms with Crippen molar-refractivity contribution >= 4 is 16.9 Å². The van der Waals surface area contributed by atoms with Crippen LogP contribution in [-0.2, 0) is 10.3 Å². The van der Waals surface area contributed by atoms with E-state index in [9.17, 15) is 4.79 Å². The Hall–Kier alpha value is -1.81. The predicted molar refractivity (Wildman–Crippen MR) is 74.2 cm³/mol. The Morgan fingerprint density at radius 3 is 2.95 bits per heavy atom. The van der Waals surface area contributed by atoms with Crippen LogP contribution in [0.4, 0.5) is 0 Å². The molecular weight excluding hydrogens is 240 g/mol. The first kappa shape index (κ1) is 12.2. The summed E-state index contributed by atoms with van der Waals surface area (Å²) in [5.41, 5.74) is 2.70. The smallest absolute Gasteiger partial charge is 0.338 e. The van der Waals surface area contributed by atoms with E-state index in [1.54, 1.807) is 0 Å². The number of hydrogen-bond acceptors (Lipinski definition) is 3. The molecule has 0 unspecified atom stereocenters. The number of carbonyl (C=O) groups excluding carboxylic acids is 1. The van der Waals surface area contributed by atoms with Gasteiger partial charge in [-0.25, -0.2) is 4.79 Å². The van der Waals surface area contributed by atoms with Gasteiger partial charge in [-0.1, -0.05) is 0 Å². The Kier molecular flexibility index (Phi) is 2.82. The number of benzene rings is 1. The number of aromatic nitrogens is 1. The van der Waals surface area contributed by atoms with E-state index in [0.717, 1.165) is 35.9 Å². The van der Waals surface area contributed by atoms with Crippen LogP contribution in [0.3, 0.4) is 0 Å². The number of esters is 1. The summed E-state index contributed by atoms with van der Waals surface area (Å²) in [4.78, 5) is 15.1. The highest BCUT2D eigenvalue weighted by molar-refractivity contribution is 6.04. The number of hydrogen-bond donors (Lipinski definition) is 2. The van der Waals surface area contributed by atoms with Gasteiger partial charge in [0.25, 0.3) is 0 Å². The van der Waals surface area contributed by atoms with Crippen LogP contribution in [0.2, 0.25) is 0 Å². The first-order valence-electron chi connectivity index (χ1n) is 6.59. The van der Waals surface area contributed by atoms with E-state index in [1.165, 1.54) is 7.11 Å². The zero-order valence-electron chi connectivity index (χ0n) is 11.2. The average molecular weight is 258 g/mol. The number of methoxy groups -OCH3 is 1. The number of carbonyl (C=O) groups is 1.